The average molecular weight is 268 g/mol. The maximum absolute atomic E-state index is 10.2. The highest BCUT2D eigenvalue weighted by atomic mass is 31.0. The number of hydrogen-bond acceptors (Lipinski definition) is 3. The van der Waals surface area contributed by atoms with Gasteiger partial charge in [-0.15, -0.1) is 9.12 Å². The molecule has 1 aromatic carbocycles. The van der Waals surface area contributed by atoms with Crippen LogP contribution in [0.3, 0.4) is 0 Å². The topological polar surface area (TPSA) is 49.7 Å². The van der Waals surface area contributed by atoms with E-state index in [2.05, 4.69) is 9.12 Å². The SMILES string of the molecule is CB(P)OC(C)C(O)C(CO)Cc1ccccc1. The molecule has 1 rings (SSSR count). The summed E-state index contributed by atoms with van der Waals surface area (Å²) in [4.78, 5) is 0. The molecule has 2 N–H and O–H groups in total. The van der Waals surface area contributed by atoms with Gasteiger partial charge in [-0.05, 0) is 18.9 Å². The molecule has 18 heavy (non-hydrogen) atoms. The molecule has 0 radical (unpaired) electrons. The second-order valence-corrected chi connectivity index (χ2v) is 5.61. The van der Waals surface area contributed by atoms with Crippen LogP contribution in [0.2, 0.25) is 6.82 Å². The summed E-state index contributed by atoms with van der Waals surface area (Å²) in [6, 6.07) is 9.87. The van der Waals surface area contributed by atoms with Crippen molar-refractivity contribution in [3.63, 3.8) is 0 Å². The van der Waals surface area contributed by atoms with E-state index in [1.807, 2.05) is 44.1 Å². The largest absolute Gasteiger partial charge is 0.427 e. The van der Waals surface area contributed by atoms with E-state index in [0.29, 0.717) is 6.42 Å². The van der Waals surface area contributed by atoms with Gasteiger partial charge in [0.1, 0.15) is 0 Å². The minimum absolute atomic E-state index is 0.00859. The van der Waals surface area contributed by atoms with E-state index < -0.39 is 6.10 Å². The lowest BCUT2D eigenvalue weighted by atomic mass is 9.91. The van der Waals surface area contributed by atoms with Crippen LogP contribution < -0.4 is 0 Å². The van der Waals surface area contributed by atoms with Crippen molar-refractivity contribution in [2.24, 2.45) is 5.92 Å². The molecule has 0 aliphatic carbocycles. The van der Waals surface area contributed by atoms with Crippen LogP contribution in [0, 0.1) is 5.92 Å². The van der Waals surface area contributed by atoms with Crippen molar-refractivity contribution in [2.45, 2.75) is 32.4 Å². The van der Waals surface area contributed by atoms with E-state index in [0.717, 1.165) is 5.56 Å². The molecule has 0 spiro atoms. The maximum Gasteiger partial charge on any atom is 0.312 e. The van der Waals surface area contributed by atoms with Crippen molar-refractivity contribution in [3.05, 3.63) is 35.9 Å². The van der Waals surface area contributed by atoms with Crippen molar-refractivity contribution in [3.8, 4) is 0 Å². The Kier molecular flexibility index (Phi) is 6.87. The van der Waals surface area contributed by atoms with Crippen molar-refractivity contribution in [2.75, 3.05) is 6.61 Å². The molecule has 0 aromatic heterocycles. The Labute approximate surface area is 112 Å². The Morgan fingerprint density at radius 2 is 1.94 bits per heavy atom. The summed E-state index contributed by atoms with van der Waals surface area (Å²) in [7, 11) is 2.54. The molecular formula is C13H22BO3P. The zero-order valence-electron chi connectivity index (χ0n) is 11.0. The van der Waals surface area contributed by atoms with Crippen molar-refractivity contribution in [1.82, 2.24) is 0 Å². The summed E-state index contributed by atoms with van der Waals surface area (Å²) >= 11 is 0. The third-order valence-corrected chi connectivity index (χ3v) is 3.13. The summed E-state index contributed by atoms with van der Waals surface area (Å²) in [5.41, 5.74) is 1.11. The maximum atomic E-state index is 10.2. The molecule has 0 bridgehead atoms. The van der Waals surface area contributed by atoms with Crippen LogP contribution in [0.5, 0.6) is 0 Å². The lowest BCUT2D eigenvalue weighted by Gasteiger charge is -2.27. The monoisotopic (exact) mass is 268 g/mol. The van der Waals surface area contributed by atoms with Gasteiger partial charge in [-0.25, -0.2) is 0 Å². The summed E-state index contributed by atoms with van der Waals surface area (Å²) in [6.07, 6.45) is -0.311. The number of benzene rings is 1. The van der Waals surface area contributed by atoms with Gasteiger partial charge < -0.3 is 14.9 Å². The van der Waals surface area contributed by atoms with Crippen LogP contribution >= 0.6 is 9.12 Å². The van der Waals surface area contributed by atoms with Gasteiger partial charge in [0.05, 0.1) is 12.2 Å². The van der Waals surface area contributed by atoms with Crippen LogP contribution in [0.1, 0.15) is 12.5 Å². The van der Waals surface area contributed by atoms with Crippen molar-refractivity contribution in [1.29, 1.82) is 0 Å². The normalized spacial score (nSPS) is 16.1. The van der Waals surface area contributed by atoms with E-state index in [1.165, 1.54) is 0 Å². The fourth-order valence-electron chi connectivity index (χ4n) is 2.01. The summed E-state index contributed by atoms with van der Waals surface area (Å²) < 4.78 is 5.53. The van der Waals surface area contributed by atoms with Gasteiger partial charge in [-0.3, -0.25) is 0 Å². The predicted molar refractivity (Wildman–Crippen MR) is 78.6 cm³/mol. The Morgan fingerprint density at radius 3 is 2.44 bits per heavy atom. The molecule has 0 fully saturated rings. The number of aliphatic hydroxyl groups excluding tert-OH is 2. The summed E-state index contributed by atoms with van der Waals surface area (Å²) in [5, 5.41) is 19.6. The molecule has 0 heterocycles. The smallest absolute Gasteiger partial charge is 0.312 e. The van der Waals surface area contributed by atoms with Crippen LogP contribution in [0.25, 0.3) is 0 Å². The van der Waals surface area contributed by atoms with E-state index in [-0.39, 0.29) is 25.3 Å². The standard InChI is InChI=1S/C13H22BO3P/c1-10(17-14(2)18)13(16)12(9-15)8-11-6-4-3-5-7-11/h3-7,10,12-13,15-16H,8-9,18H2,1-2H3. The molecule has 100 valence electrons. The first kappa shape index (κ1) is 15.7. The van der Waals surface area contributed by atoms with Crippen molar-refractivity contribution >= 4 is 15.8 Å². The van der Waals surface area contributed by atoms with Gasteiger partial charge in [0.25, 0.3) is 0 Å². The molecule has 3 nitrogen and oxygen atoms in total. The molecule has 4 unspecified atom stereocenters. The Morgan fingerprint density at radius 1 is 1.33 bits per heavy atom. The van der Waals surface area contributed by atoms with E-state index >= 15 is 0 Å². The third kappa shape index (κ3) is 5.07. The molecule has 0 amide bonds. The second-order valence-electron chi connectivity index (χ2n) is 4.67. The summed E-state index contributed by atoms with van der Waals surface area (Å²) in [6.45, 7) is 3.68. The van der Waals surface area contributed by atoms with Crippen molar-refractivity contribution < 1.29 is 14.9 Å². The second kappa shape index (κ2) is 7.91. The Balaban J connectivity index is 2.60. The lowest BCUT2D eigenvalue weighted by molar-refractivity contribution is -0.0112. The quantitative estimate of drug-likeness (QED) is 0.583. The van der Waals surface area contributed by atoms with Gasteiger partial charge in [-0.1, -0.05) is 37.2 Å². The highest BCUT2D eigenvalue weighted by Crippen LogP contribution is 2.17. The molecule has 0 aliphatic rings. The van der Waals surface area contributed by atoms with Gasteiger partial charge in [-0.2, -0.15) is 0 Å². The molecule has 4 atom stereocenters. The molecule has 0 saturated carbocycles. The lowest BCUT2D eigenvalue weighted by Crippen LogP contribution is -2.38. The molecule has 5 heteroatoms. The van der Waals surface area contributed by atoms with E-state index in [4.69, 9.17) is 4.65 Å². The zero-order valence-corrected chi connectivity index (χ0v) is 12.1. The highest BCUT2D eigenvalue weighted by molar-refractivity contribution is 7.60. The van der Waals surface area contributed by atoms with Gasteiger partial charge in [0.2, 0.25) is 0 Å². The molecule has 0 saturated heterocycles. The van der Waals surface area contributed by atoms with Gasteiger partial charge in [0, 0.05) is 12.5 Å². The number of rotatable bonds is 7. The van der Waals surface area contributed by atoms with E-state index in [1.54, 1.807) is 0 Å². The first-order chi connectivity index (χ1) is 8.54. The highest BCUT2D eigenvalue weighted by Gasteiger charge is 2.26. The van der Waals surface area contributed by atoms with Gasteiger partial charge in [0.15, 0.2) is 0 Å². The number of hydrogen-bond donors (Lipinski definition) is 2. The molecular weight excluding hydrogens is 246 g/mol. The Bertz CT molecular complexity index is 334. The Hall–Kier alpha value is -0.405. The minimum atomic E-state index is -0.668. The minimum Gasteiger partial charge on any atom is -0.427 e. The third-order valence-electron chi connectivity index (χ3n) is 2.97. The average Bonchev–Trinajstić information content (AvgIpc) is 2.35. The number of aliphatic hydroxyl groups is 2. The van der Waals surface area contributed by atoms with E-state index in [9.17, 15) is 10.2 Å². The fraction of sp³-hybridized carbons (Fsp3) is 0.538. The fourth-order valence-corrected chi connectivity index (χ4v) is 2.26. The van der Waals surface area contributed by atoms with Crippen LogP contribution in [-0.2, 0) is 11.1 Å². The van der Waals surface area contributed by atoms with Crippen LogP contribution in [0.4, 0.5) is 0 Å². The first-order valence-corrected chi connectivity index (χ1v) is 6.95. The van der Waals surface area contributed by atoms with Gasteiger partial charge >= 0.3 is 6.64 Å². The van der Waals surface area contributed by atoms with Crippen LogP contribution in [-0.4, -0.2) is 35.7 Å². The molecule has 0 aliphatic heterocycles. The predicted octanol–water partition coefficient (Wildman–Crippen LogP) is 1.60. The summed E-state index contributed by atoms with van der Waals surface area (Å²) in [5.74, 6) is -0.203. The zero-order chi connectivity index (χ0) is 13.5. The van der Waals surface area contributed by atoms with Crippen LogP contribution in [0.15, 0.2) is 30.3 Å². The molecule has 1 aromatic rings. The first-order valence-electron chi connectivity index (χ1n) is 6.28.